The Labute approximate surface area is 65.4 Å². The molecule has 4 nitrogen and oxygen atoms in total. The van der Waals surface area contributed by atoms with Gasteiger partial charge in [0.15, 0.2) is 0 Å². The molecule has 0 saturated carbocycles. The minimum absolute atomic E-state index is 0.0374. The zero-order valence-electron chi connectivity index (χ0n) is 6.21. The number of hydrogen-bond donors (Lipinski definition) is 2. The van der Waals surface area contributed by atoms with E-state index in [1.165, 1.54) is 0 Å². The van der Waals surface area contributed by atoms with Gasteiger partial charge in [-0.3, -0.25) is 4.79 Å². The SMILES string of the molecule is N#C[C@H](N)C[C@H]1CCNC1=O. The third kappa shape index (κ3) is 1.92. The number of carbonyl (C=O) groups is 1. The molecule has 1 amide bonds. The van der Waals surface area contributed by atoms with Gasteiger partial charge in [0.05, 0.1) is 12.1 Å². The van der Waals surface area contributed by atoms with Crippen molar-refractivity contribution in [1.82, 2.24) is 5.32 Å². The van der Waals surface area contributed by atoms with Gasteiger partial charge >= 0.3 is 0 Å². The van der Waals surface area contributed by atoms with Crippen LogP contribution in [0, 0.1) is 17.2 Å². The molecule has 0 aromatic carbocycles. The lowest BCUT2D eigenvalue weighted by Crippen LogP contribution is -2.26. The Morgan fingerprint density at radius 3 is 3.09 bits per heavy atom. The molecule has 0 aliphatic carbocycles. The van der Waals surface area contributed by atoms with Gasteiger partial charge in [-0.1, -0.05) is 0 Å². The van der Waals surface area contributed by atoms with Crippen LogP contribution in [0.25, 0.3) is 0 Å². The van der Waals surface area contributed by atoms with Gasteiger partial charge in [-0.25, -0.2) is 0 Å². The van der Waals surface area contributed by atoms with Crippen molar-refractivity contribution in [3.63, 3.8) is 0 Å². The van der Waals surface area contributed by atoms with Crippen molar-refractivity contribution < 1.29 is 4.79 Å². The summed E-state index contributed by atoms with van der Waals surface area (Å²) in [5, 5.41) is 11.1. The quantitative estimate of drug-likeness (QED) is 0.554. The maximum atomic E-state index is 10.9. The van der Waals surface area contributed by atoms with Crippen LogP contribution < -0.4 is 11.1 Å². The molecule has 1 fully saturated rings. The maximum Gasteiger partial charge on any atom is 0.223 e. The van der Waals surface area contributed by atoms with Gasteiger partial charge < -0.3 is 11.1 Å². The predicted octanol–water partition coefficient (Wildman–Crippen LogP) is -0.637. The third-order valence-corrected chi connectivity index (χ3v) is 1.87. The average Bonchev–Trinajstić information content (AvgIpc) is 2.37. The molecule has 11 heavy (non-hydrogen) atoms. The van der Waals surface area contributed by atoms with Gasteiger partial charge in [-0.05, 0) is 12.8 Å². The van der Waals surface area contributed by atoms with Crippen molar-refractivity contribution in [3.05, 3.63) is 0 Å². The Kier molecular flexibility index (Phi) is 2.44. The van der Waals surface area contributed by atoms with E-state index in [1.54, 1.807) is 0 Å². The number of amides is 1. The van der Waals surface area contributed by atoms with E-state index in [9.17, 15) is 4.79 Å². The van der Waals surface area contributed by atoms with Crippen molar-refractivity contribution in [2.45, 2.75) is 18.9 Å². The number of hydrogen-bond acceptors (Lipinski definition) is 3. The Balaban J connectivity index is 2.38. The lowest BCUT2D eigenvalue weighted by molar-refractivity contribution is -0.122. The van der Waals surface area contributed by atoms with Gasteiger partial charge in [0.1, 0.15) is 0 Å². The first-order valence-electron chi connectivity index (χ1n) is 3.67. The Bertz CT molecular complexity index is 196. The first kappa shape index (κ1) is 8.02. The van der Waals surface area contributed by atoms with E-state index in [4.69, 9.17) is 11.0 Å². The molecule has 1 saturated heterocycles. The van der Waals surface area contributed by atoms with E-state index in [-0.39, 0.29) is 11.8 Å². The molecule has 1 rings (SSSR count). The predicted molar refractivity (Wildman–Crippen MR) is 39.3 cm³/mol. The van der Waals surface area contributed by atoms with Crippen molar-refractivity contribution in [3.8, 4) is 6.07 Å². The largest absolute Gasteiger partial charge is 0.356 e. The first-order valence-corrected chi connectivity index (χ1v) is 3.67. The molecule has 3 N–H and O–H groups in total. The molecular weight excluding hydrogens is 142 g/mol. The lowest BCUT2D eigenvalue weighted by atomic mass is 10.00. The maximum absolute atomic E-state index is 10.9. The Morgan fingerprint density at radius 2 is 2.64 bits per heavy atom. The van der Waals surface area contributed by atoms with Gasteiger partial charge in [-0.2, -0.15) is 5.26 Å². The molecule has 2 atom stereocenters. The molecule has 4 heteroatoms. The molecule has 1 aliphatic rings. The third-order valence-electron chi connectivity index (χ3n) is 1.87. The van der Waals surface area contributed by atoms with Crippen LogP contribution in [0.4, 0.5) is 0 Å². The fourth-order valence-corrected chi connectivity index (χ4v) is 1.23. The summed E-state index contributed by atoms with van der Waals surface area (Å²) in [6.07, 6.45) is 1.30. The summed E-state index contributed by atoms with van der Waals surface area (Å²) in [6.45, 7) is 0.724. The number of rotatable bonds is 2. The smallest absolute Gasteiger partial charge is 0.223 e. The van der Waals surface area contributed by atoms with E-state index < -0.39 is 6.04 Å². The highest BCUT2D eigenvalue weighted by atomic mass is 16.2. The summed E-state index contributed by atoms with van der Waals surface area (Å²) < 4.78 is 0. The monoisotopic (exact) mass is 153 g/mol. The van der Waals surface area contributed by atoms with Gasteiger partial charge in [0.2, 0.25) is 5.91 Å². The number of carbonyl (C=O) groups excluding carboxylic acids is 1. The van der Waals surface area contributed by atoms with Crippen LogP contribution in [0.2, 0.25) is 0 Å². The fourth-order valence-electron chi connectivity index (χ4n) is 1.23. The van der Waals surface area contributed by atoms with Crippen LogP contribution >= 0.6 is 0 Å². The van der Waals surface area contributed by atoms with Gasteiger partial charge in [0, 0.05) is 12.5 Å². The second-order valence-corrected chi connectivity index (χ2v) is 2.75. The van der Waals surface area contributed by atoms with Crippen molar-refractivity contribution in [2.75, 3.05) is 6.54 Å². The van der Waals surface area contributed by atoms with E-state index in [2.05, 4.69) is 5.32 Å². The summed E-state index contributed by atoms with van der Waals surface area (Å²) in [6, 6.07) is 1.41. The fraction of sp³-hybridized carbons (Fsp3) is 0.714. The molecule has 0 aromatic heterocycles. The second kappa shape index (κ2) is 3.35. The van der Waals surface area contributed by atoms with E-state index in [1.807, 2.05) is 6.07 Å². The molecule has 0 aromatic rings. The summed E-state index contributed by atoms with van der Waals surface area (Å²) in [5.41, 5.74) is 5.37. The molecule has 0 unspecified atom stereocenters. The summed E-state index contributed by atoms with van der Waals surface area (Å²) in [7, 11) is 0. The topological polar surface area (TPSA) is 78.9 Å². The van der Waals surface area contributed by atoms with Crippen molar-refractivity contribution >= 4 is 5.91 Å². The molecule has 60 valence electrons. The van der Waals surface area contributed by atoms with Crippen molar-refractivity contribution in [2.24, 2.45) is 11.7 Å². The number of nitrogens with two attached hydrogens (primary N) is 1. The highest BCUT2D eigenvalue weighted by molar-refractivity contribution is 5.80. The molecule has 0 bridgehead atoms. The van der Waals surface area contributed by atoms with E-state index in [0.29, 0.717) is 6.42 Å². The summed E-state index contributed by atoms with van der Waals surface area (Å²) in [5.74, 6) is 0.000324. The molecule has 1 heterocycles. The second-order valence-electron chi connectivity index (χ2n) is 2.75. The zero-order valence-corrected chi connectivity index (χ0v) is 6.21. The van der Waals surface area contributed by atoms with E-state index >= 15 is 0 Å². The normalized spacial score (nSPS) is 25.8. The standard InChI is InChI=1S/C7H11N3O/c8-4-6(9)3-5-1-2-10-7(5)11/h5-6H,1-3,9H2,(H,10,11)/t5-,6-/m1/s1. The highest BCUT2D eigenvalue weighted by Crippen LogP contribution is 2.14. The van der Waals surface area contributed by atoms with Crippen LogP contribution in [-0.4, -0.2) is 18.5 Å². The summed E-state index contributed by atoms with van der Waals surface area (Å²) >= 11 is 0. The van der Waals surface area contributed by atoms with Crippen LogP contribution in [0.1, 0.15) is 12.8 Å². The average molecular weight is 153 g/mol. The van der Waals surface area contributed by atoms with E-state index in [0.717, 1.165) is 13.0 Å². The van der Waals surface area contributed by atoms with Crippen molar-refractivity contribution in [1.29, 1.82) is 5.26 Å². The molecular formula is C7H11N3O. The van der Waals surface area contributed by atoms with Crippen LogP contribution in [0.5, 0.6) is 0 Å². The Morgan fingerprint density at radius 1 is 1.91 bits per heavy atom. The molecule has 1 aliphatic heterocycles. The van der Waals surface area contributed by atoms with Crippen LogP contribution in [0.3, 0.4) is 0 Å². The van der Waals surface area contributed by atoms with Gasteiger partial charge in [-0.15, -0.1) is 0 Å². The molecule has 0 radical (unpaired) electrons. The zero-order chi connectivity index (χ0) is 8.27. The molecule has 0 spiro atoms. The number of nitrogens with one attached hydrogen (secondary N) is 1. The first-order chi connectivity index (χ1) is 5.24. The van der Waals surface area contributed by atoms with Crippen LogP contribution in [0.15, 0.2) is 0 Å². The lowest BCUT2D eigenvalue weighted by Gasteiger charge is -2.06. The number of nitriles is 1. The van der Waals surface area contributed by atoms with Crippen LogP contribution in [-0.2, 0) is 4.79 Å². The highest BCUT2D eigenvalue weighted by Gasteiger charge is 2.25. The Hall–Kier alpha value is -1.08. The summed E-state index contributed by atoms with van der Waals surface area (Å²) in [4.78, 5) is 10.9. The van der Waals surface area contributed by atoms with Gasteiger partial charge in [0.25, 0.3) is 0 Å². The number of nitrogens with zero attached hydrogens (tertiary/aromatic N) is 1. The minimum Gasteiger partial charge on any atom is -0.356 e. The minimum atomic E-state index is -0.496.